The Balaban J connectivity index is 2.31. The fourth-order valence-electron chi connectivity index (χ4n) is 1.54. The smallest absolute Gasteiger partial charge is 0.329 e. The lowest BCUT2D eigenvalue weighted by atomic mass is 10.2. The van der Waals surface area contributed by atoms with Crippen LogP contribution in [-0.2, 0) is 0 Å². The van der Waals surface area contributed by atoms with E-state index in [1.807, 2.05) is 6.92 Å². The molecule has 0 aliphatic heterocycles. The molecule has 0 spiro atoms. The SMILES string of the molecule is CCOc1ccc(-c2ncc([N+](=O)[O-])c(N)n2)cc1. The fraction of sp³-hybridized carbons (Fsp3) is 0.167. The highest BCUT2D eigenvalue weighted by molar-refractivity contribution is 5.61. The molecule has 2 N–H and O–H groups in total. The van der Waals surface area contributed by atoms with E-state index < -0.39 is 4.92 Å². The number of hydrogen-bond donors (Lipinski definition) is 1. The Morgan fingerprint density at radius 1 is 1.37 bits per heavy atom. The van der Waals surface area contributed by atoms with E-state index in [2.05, 4.69) is 9.97 Å². The number of nitrogens with zero attached hydrogens (tertiary/aromatic N) is 3. The highest BCUT2D eigenvalue weighted by Gasteiger charge is 2.14. The maximum atomic E-state index is 10.6. The van der Waals surface area contributed by atoms with Crippen molar-refractivity contribution in [2.45, 2.75) is 6.92 Å². The number of ether oxygens (including phenoxy) is 1. The molecule has 0 unspecified atom stereocenters. The first-order valence-corrected chi connectivity index (χ1v) is 5.62. The zero-order valence-corrected chi connectivity index (χ0v) is 10.2. The van der Waals surface area contributed by atoms with Crippen molar-refractivity contribution in [1.82, 2.24) is 9.97 Å². The number of nitrogens with two attached hydrogens (primary N) is 1. The summed E-state index contributed by atoms with van der Waals surface area (Å²) in [7, 11) is 0. The van der Waals surface area contributed by atoms with Crippen molar-refractivity contribution in [3.63, 3.8) is 0 Å². The highest BCUT2D eigenvalue weighted by atomic mass is 16.6. The van der Waals surface area contributed by atoms with Crippen LogP contribution in [0, 0.1) is 10.1 Å². The third-order valence-electron chi connectivity index (χ3n) is 2.42. The maximum absolute atomic E-state index is 10.6. The summed E-state index contributed by atoms with van der Waals surface area (Å²) in [5.41, 5.74) is 5.94. The molecule has 7 heteroatoms. The number of hydrogen-bond acceptors (Lipinski definition) is 6. The summed E-state index contributed by atoms with van der Waals surface area (Å²) < 4.78 is 5.32. The van der Waals surface area contributed by atoms with Crippen LogP contribution in [0.1, 0.15) is 6.92 Å². The Morgan fingerprint density at radius 3 is 2.58 bits per heavy atom. The summed E-state index contributed by atoms with van der Waals surface area (Å²) in [6, 6.07) is 7.09. The Bertz CT molecular complexity index is 598. The van der Waals surface area contributed by atoms with E-state index in [9.17, 15) is 10.1 Å². The molecule has 0 saturated carbocycles. The summed E-state index contributed by atoms with van der Waals surface area (Å²) in [6.07, 6.45) is 1.11. The Kier molecular flexibility index (Phi) is 3.56. The molecule has 0 fully saturated rings. The van der Waals surface area contributed by atoms with Crippen molar-refractivity contribution in [1.29, 1.82) is 0 Å². The largest absolute Gasteiger partial charge is 0.494 e. The topological polar surface area (TPSA) is 104 Å². The van der Waals surface area contributed by atoms with Gasteiger partial charge in [0.2, 0.25) is 5.82 Å². The molecule has 1 aromatic carbocycles. The summed E-state index contributed by atoms with van der Waals surface area (Å²) >= 11 is 0. The molecule has 0 atom stereocenters. The monoisotopic (exact) mass is 260 g/mol. The Morgan fingerprint density at radius 2 is 2.05 bits per heavy atom. The van der Waals surface area contributed by atoms with Gasteiger partial charge in [0.15, 0.2) is 5.82 Å². The minimum absolute atomic E-state index is 0.149. The molecule has 0 aliphatic rings. The van der Waals surface area contributed by atoms with Crippen LogP contribution in [0.5, 0.6) is 5.75 Å². The lowest BCUT2D eigenvalue weighted by Crippen LogP contribution is -2.01. The zero-order chi connectivity index (χ0) is 13.8. The zero-order valence-electron chi connectivity index (χ0n) is 10.2. The number of aromatic nitrogens is 2. The summed E-state index contributed by atoms with van der Waals surface area (Å²) in [5, 5.41) is 10.6. The number of benzene rings is 1. The van der Waals surface area contributed by atoms with E-state index in [-0.39, 0.29) is 11.5 Å². The molecular weight excluding hydrogens is 248 g/mol. The summed E-state index contributed by atoms with van der Waals surface area (Å²) in [5.74, 6) is 0.927. The average molecular weight is 260 g/mol. The van der Waals surface area contributed by atoms with E-state index in [4.69, 9.17) is 10.5 Å². The van der Waals surface area contributed by atoms with Crippen molar-refractivity contribution < 1.29 is 9.66 Å². The molecule has 19 heavy (non-hydrogen) atoms. The van der Waals surface area contributed by atoms with Crippen LogP contribution in [0.3, 0.4) is 0 Å². The molecular formula is C12H12N4O3. The minimum atomic E-state index is -0.614. The van der Waals surface area contributed by atoms with Gasteiger partial charge in [-0.15, -0.1) is 0 Å². The summed E-state index contributed by atoms with van der Waals surface area (Å²) in [4.78, 5) is 17.9. The van der Waals surface area contributed by atoms with Gasteiger partial charge in [0.05, 0.1) is 11.5 Å². The van der Waals surface area contributed by atoms with Gasteiger partial charge in [-0.25, -0.2) is 9.97 Å². The quantitative estimate of drug-likeness (QED) is 0.666. The van der Waals surface area contributed by atoms with Gasteiger partial charge in [0, 0.05) is 5.56 Å². The van der Waals surface area contributed by atoms with Crippen LogP contribution in [0.15, 0.2) is 30.5 Å². The molecule has 1 aromatic heterocycles. The highest BCUT2D eigenvalue weighted by Crippen LogP contribution is 2.23. The van der Waals surface area contributed by atoms with Crippen LogP contribution in [0.2, 0.25) is 0 Å². The first kappa shape index (κ1) is 12.7. The fourth-order valence-corrected chi connectivity index (χ4v) is 1.54. The van der Waals surface area contributed by atoms with E-state index in [1.54, 1.807) is 24.3 Å². The molecule has 1 heterocycles. The molecule has 7 nitrogen and oxygen atoms in total. The van der Waals surface area contributed by atoms with Gasteiger partial charge in [0.1, 0.15) is 11.9 Å². The molecule has 98 valence electrons. The lowest BCUT2D eigenvalue weighted by molar-refractivity contribution is -0.384. The summed E-state index contributed by atoms with van der Waals surface area (Å²) in [6.45, 7) is 2.48. The second-order valence-corrected chi connectivity index (χ2v) is 3.68. The third kappa shape index (κ3) is 2.76. The van der Waals surface area contributed by atoms with Crippen LogP contribution >= 0.6 is 0 Å². The number of nitrogen functional groups attached to an aromatic ring is 1. The van der Waals surface area contributed by atoms with Crippen molar-refractivity contribution >= 4 is 11.5 Å². The van der Waals surface area contributed by atoms with E-state index >= 15 is 0 Å². The third-order valence-corrected chi connectivity index (χ3v) is 2.42. The predicted molar refractivity (Wildman–Crippen MR) is 69.7 cm³/mol. The first-order valence-electron chi connectivity index (χ1n) is 5.62. The molecule has 0 aliphatic carbocycles. The van der Waals surface area contributed by atoms with Gasteiger partial charge in [-0.3, -0.25) is 10.1 Å². The molecule has 0 saturated heterocycles. The minimum Gasteiger partial charge on any atom is -0.494 e. The Labute approximate surface area is 109 Å². The van der Waals surface area contributed by atoms with E-state index in [0.717, 1.165) is 11.9 Å². The van der Waals surface area contributed by atoms with E-state index in [0.29, 0.717) is 18.0 Å². The lowest BCUT2D eigenvalue weighted by Gasteiger charge is -2.04. The normalized spacial score (nSPS) is 10.2. The molecule has 2 aromatic rings. The van der Waals surface area contributed by atoms with Gasteiger partial charge in [-0.2, -0.15) is 0 Å². The standard InChI is InChI=1S/C12H12N4O3/c1-2-19-9-5-3-8(4-6-9)12-14-7-10(16(17)18)11(13)15-12/h3-7H,2H2,1H3,(H2,13,14,15). The van der Waals surface area contributed by atoms with Gasteiger partial charge in [-0.05, 0) is 31.2 Å². The van der Waals surface area contributed by atoms with E-state index in [1.165, 1.54) is 0 Å². The van der Waals surface area contributed by atoms with Crippen molar-refractivity contribution in [2.75, 3.05) is 12.3 Å². The second-order valence-electron chi connectivity index (χ2n) is 3.68. The van der Waals surface area contributed by atoms with Crippen LogP contribution < -0.4 is 10.5 Å². The number of anilines is 1. The second kappa shape index (κ2) is 5.30. The molecule has 0 bridgehead atoms. The van der Waals surface area contributed by atoms with Gasteiger partial charge >= 0.3 is 5.69 Å². The van der Waals surface area contributed by atoms with Crippen molar-refractivity contribution in [2.24, 2.45) is 0 Å². The average Bonchev–Trinajstić information content (AvgIpc) is 2.39. The Hall–Kier alpha value is -2.70. The number of rotatable bonds is 4. The molecule has 2 rings (SSSR count). The predicted octanol–water partition coefficient (Wildman–Crippen LogP) is 2.03. The van der Waals surface area contributed by atoms with Gasteiger partial charge in [0.25, 0.3) is 0 Å². The number of nitro groups is 1. The molecule has 0 radical (unpaired) electrons. The van der Waals surface area contributed by atoms with Crippen LogP contribution in [0.25, 0.3) is 11.4 Å². The van der Waals surface area contributed by atoms with Crippen molar-refractivity contribution in [3.8, 4) is 17.1 Å². The first-order chi connectivity index (χ1) is 9.11. The molecule has 0 amide bonds. The van der Waals surface area contributed by atoms with Crippen molar-refractivity contribution in [3.05, 3.63) is 40.6 Å². The van der Waals surface area contributed by atoms with Gasteiger partial charge in [-0.1, -0.05) is 0 Å². The van der Waals surface area contributed by atoms with Gasteiger partial charge < -0.3 is 10.5 Å². The van der Waals surface area contributed by atoms with Crippen LogP contribution in [-0.4, -0.2) is 21.5 Å². The maximum Gasteiger partial charge on any atom is 0.329 e. The van der Waals surface area contributed by atoms with Crippen LogP contribution in [0.4, 0.5) is 11.5 Å².